The molecule has 1 atom stereocenters. The number of likely N-dealkylation sites (tertiary alicyclic amines) is 1. The molecule has 1 aliphatic rings. The lowest BCUT2D eigenvalue weighted by atomic mass is 9.74. The van der Waals surface area contributed by atoms with Crippen molar-refractivity contribution < 1.29 is 14.3 Å². The van der Waals surface area contributed by atoms with Gasteiger partial charge in [-0.3, -0.25) is 4.79 Å². The minimum absolute atomic E-state index is 0.177. The van der Waals surface area contributed by atoms with Gasteiger partial charge in [-0.25, -0.2) is 4.79 Å². The topological polar surface area (TPSA) is 58.6 Å². The molecule has 1 saturated heterocycles. The molecule has 0 aromatic heterocycles. The van der Waals surface area contributed by atoms with E-state index < -0.39 is 5.41 Å². The number of rotatable bonds is 5. The highest BCUT2D eigenvalue weighted by molar-refractivity contribution is 5.90. The number of anilines is 1. The number of benzene rings is 2. The molecule has 1 unspecified atom stereocenters. The van der Waals surface area contributed by atoms with Crippen LogP contribution in [-0.2, 0) is 16.0 Å². The van der Waals surface area contributed by atoms with E-state index in [4.69, 9.17) is 4.74 Å². The summed E-state index contributed by atoms with van der Waals surface area (Å²) in [7, 11) is 0. The SMILES string of the molecule is CCOC(=O)C1(Cc2ccccc2C)CCCN(C(=O)Nc2ccccc2)C1. The Morgan fingerprint density at radius 2 is 1.82 bits per heavy atom. The first kappa shape index (κ1) is 19.9. The molecular weight excluding hydrogens is 352 g/mol. The zero-order valence-corrected chi connectivity index (χ0v) is 16.6. The number of piperidine rings is 1. The monoisotopic (exact) mass is 380 g/mol. The van der Waals surface area contributed by atoms with Crippen molar-refractivity contribution in [3.05, 3.63) is 65.7 Å². The van der Waals surface area contributed by atoms with Crippen molar-refractivity contribution in [2.75, 3.05) is 25.0 Å². The highest BCUT2D eigenvalue weighted by Gasteiger charge is 2.45. The van der Waals surface area contributed by atoms with Gasteiger partial charge in [0.25, 0.3) is 0 Å². The molecule has 2 aromatic carbocycles. The molecule has 2 amide bonds. The molecule has 2 aromatic rings. The van der Waals surface area contributed by atoms with E-state index in [0.29, 0.717) is 26.1 Å². The van der Waals surface area contributed by atoms with Crippen molar-refractivity contribution in [3.8, 4) is 0 Å². The Balaban J connectivity index is 1.82. The number of hydrogen-bond acceptors (Lipinski definition) is 3. The van der Waals surface area contributed by atoms with Crippen LogP contribution in [0.2, 0.25) is 0 Å². The first-order valence-corrected chi connectivity index (χ1v) is 9.87. The summed E-state index contributed by atoms with van der Waals surface area (Å²) >= 11 is 0. The van der Waals surface area contributed by atoms with Crippen LogP contribution in [0.3, 0.4) is 0 Å². The summed E-state index contributed by atoms with van der Waals surface area (Å²) in [5.74, 6) is -0.213. The molecule has 0 saturated carbocycles. The van der Waals surface area contributed by atoms with E-state index in [-0.39, 0.29) is 12.0 Å². The number of esters is 1. The van der Waals surface area contributed by atoms with Gasteiger partial charge in [-0.1, -0.05) is 42.5 Å². The van der Waals surface area contributed by atoms with E-state index >= 15 is 0 Å². The molecule has 0 aliphatic carbocycles. The highest BCUT2D eigenvalue weighted by atomic mass is 16.5. The second-order valence-electron chi connectivity index (χ2n) is 7.43. The number of nitrogens with one attached hydrogen (secondary N) is 1. The number of hydrogen-bond donors (Lipinski definition) is 1. The quantitative estimate of drug-likeness (QED) is 0.782. The number of para-hydroxylation sites is 1. The Kier molecular flexibility index (Phi) is 6.34. The van der Waals surface area contributed by atoms with Crippen LogP contribution in [0.1, 0.15) is 30.9 Å². The average molecular weight is 380 g/mol. The predicted molar refractivity (Wildman–Crippen MR) is 110 cm³/mol. The van der Waals surface area contributed by atoms with E-state index in [1.807, 2.05) is 49.4 Å². The van der Waals surface area contributed by atoms with Crippen LogP contribution in [0, 0.1) is 12.3 Å². The maximum Gasteiger partial charge on any atom is 0.321 e. The fraction of sp³-hybridized carbons (Fsp3) is 0.391. The van der Waals surface area contributed by atoms with Gasteiger partial charge in [0.15, 0.2) is 0 Å². The molecule has 0 radical (unpaired) electrons. The highest BCUT2D eigenvalue weighted by Crippen LogP contribution is 2.36. The zero-order valence-electron chi connectivity index (χ0n) is 16.6. The number of nitrogens with zero attached hydrogens (tertiary/aromatic N) is 1. The van der Waals surface area contributed by atoms with Gasteiger partial charge >= 0.3 is 12.0 Å². The van der Waals surface area contributed by atoms with Crippen molar-refractivity contribution in [3.63, 3.8) is 0 Å². The molecular formula is C23H28N2O3. The second-order valence-corrected chi connectivity index (χ2v) is 7.43. The average Bonchev–Trinajstić information content (AvgIpc) is 2.71. The predicted octanol–water partition coefficient (Wildman–Crippen LogP) is 4.41. The van der Waals surface area contributed by atoms with Gasteiger partial charge in [0.2, 0.25) is 0 Å². The molecule has 148 valence electrons. The van der Waals surface area contributed by atoms with Crippen LogP contribution >= 0.6 is 0 Å². The molecule has 1 N–H and O–H groups in total. The molecule has 28 heavy (non-hydrogen) atoms. The van der Waals surface area contributed by atoms with E-state index in [9.17, 15) is 9.59 Å². The standard InChI is InChI=1S/C23H28N2O3/c1-3-28-21(26)23(16-19-11-8-7-10-18(19)2)14-9-15-25(17-23)22(27)24-20-12-5-4-6-13-20/h4-8,10-13H,3,9,14-17H2,1-2H3,(H,24,27). The minimum atomic E-state index is -0.714. The normalized spacial score (nSPS) is 19.1. The third kappa shape index (κ3) is 4.53. The van der Waals surface area contributed by atoms with Gasteiger partial charge < -0.3 is 15.0 Å². The molecule has 1 heterocycles. The summed E-state index contributed by atoms with van der Waals surface area (Å²) in [6.45, 7) is 5.20. The molecule has 1 fully saturated rings. The van der Waals surface area contributed by atoms with Crippen LogP contribution in [0.5, 0.6) is 0 Å². The lowest BCUT2D eigenvalue weighted by Crippen LogP contribution is -2.52. The number of ether oxygens (including phenoxy) is 1. The molecule has 0 spiro atoms. The van der Waals surface area contributed by atoms with Crippen LogP contribution in [0.15, 0.2) is 54.6 Å². The Labute approximate surface area is 166 Å². The third-order valence-corrected chi connectivity index (χ3v) is 5.39. The maximum absolute atomic E-state index is 13.0. The van der Waals surface area contributed by atoms with Crippen molar-refractivity contribution in [2.45, 2.75) is 33.1 Å². The molecule has 5 nitrogen and oxygen atoms in total. The Hall–Kier alpha value is -2.82. The van der Waals surface area contributed by atoms with Gasteiger partial charge in [0.1, 0.15) is 0 Å². The Morgan fingerprint density at radius 1 is 1.11 bits per heavy atom. The van der Waals surface area contributed by atoms with Gasteiger partial charge in [0.05, 0.1) is 12.0 Å². The summed E-state index contributed by atoms with van der Waals surface area (Å²) in [6.07, 6.45) is 2.07. The van der Waals surface area contributed by atoms with Gasteiger partial charge in [0, 0.05) is 18.8 Å². The number of urea groups is 1. The van der Waals surface area contributed by atoms with E-state index in [0.717, 1.165) is 29.7 Å². The molecule has 0 bridgehead atoms. The number of carbonyl (C=O) groups excluding carboxylic acids is 2. The van der Waals surface area contributed by atoms with Crippen LogP contribution in [0.25, 0.3) is 0 Å². The van der Waals surface area contributed by atoms with E-state index in [1.54, 1.807) is 4.90 Å². The van der Waals surface area contributed by atoms with Crippen LogP contribution < -0.4 is 5.32 Å². The van der Waals surface area contributed by atoms with Crippen molar-refractivity contribution in [2.24, 2.45) is 5.41 Å². The summed E-state index contributed by atoms with van der Waals surface area (Å²) in [6, 6.07) is 17.3. The minimum Gasteiger partial charge on any atom is -0.466 e. The van der Waals surface area contributed by atoms with Crippen LogP contribution in [0.4, 0.5) is 10.5 Å². The largest absolute Gasteiger partial charge is 0.466 e. The summed E-state index contributed by atoms with van der Waals surface area (Å²) in [5.41, 5.74) is 2.31. The molecule has 1 aliphatic heterocycles. The van der Waals surface area contributed by atoms with Crippen molar-refractivity contribution in [1.82, 2.24) is 4.90 Å². The molecule has 3 rings (SSSR count). The lowest BCUT2D eigenvalue weighted by Gasteiger charge is -2.41. The summed E-state index contributed by atoms with van der Waals surface area (Å²) in [5, 5.41) is 2.93. The van der Waals surface area contributed by atoms with E-state index in [1.165, 1.54) is 0 Å². The number of aryl methyl sites for hydroxylation is 1. The summed E-state index contributed by atoms with van der Waals surface area (Å²) < 4.78 is 5.45. The lowest BCUT2D eigenvalue weighted by molar-refractivity contribution is -0.158. The van der Waals surface area contributed by atoms with E-state index in [2.05, 4.69) is 24.4 Å². The smallest absolute Gasteiger partial charge is 0.321 e. The van der Waals surface area contributed by atoms with Crippen molar-refractivity contribution in [1.29, 1.82) is 0 Å². The maximum atomic E-state index is 13.0. The zero-order chi connectivity index (χ0) is 20.0. The van der Waals surface area contributed by atoms with Gasteiger partial charge in [-0.15, -0.1) is 0 Å². The summed E-state index contributed by atoms with van der Waals surface area (Å²) in [4.78, 5) is 27.5. The number of amides is 2. The Morgan fingerprint density at radius 3 is 2.54 bits per heavy atom. The fourth-order valence-corrected chi connectivity index (χ4v) is 3.87. The van der Waals surface area contributed by atoms with Gasteiger partial charge in [-0.2, -0.15) is 0 Å². The Bertz CT molecular complexity index is 822. The molecule has 5 heteroatoms. The number of carbonyl (C=O) groups is 2. The second kappa shape index (κ2) is 8.91. The van der Waals surface area contributed by atoms with Gasteiger partial charge in [-0.05, 0) is 56.4 Å². The first-order valence-electron chi connectivity index (χ1n) is 9.87. The van der Waals surface area contributed by atoms with Crippen molar-refractivity contribution >= 4 is 17.7 Å². The first-order chi connectivity index (χ1) is 13.5. The third-order valence-electron chi connectivity index (χ3n) is 5.39. The fourth-order valence-electron chi connectivity index (χ4n) is 3.87. The van der Waals surface area contributed by atoms with Crippen LogP contribution in [-0.4, -0.2) is 36.6 Å².